The van der Waals surface area contributed by atoms with Gasteiger partial charge in [-0.15, -0.1) is 6.42 Å². The quantitative estimate of drug-likeness (QED) is 0.619. The molecule has 0 fully saturated rings. The van der Waals surface area contributed by atoms with Crippen LogP contribution in [-0.4, -0.2) is 38.7 Å². The Kier molecular flexibility index (Phi) is 3.68. The zero-order valence-electron chi connectivity index (χ0n) is 8.05. The molecule has 0 aliphatic carbocycles. The fourth-order valence-corrected chi connectivity index (χ4v) is 1.04. The SMILES string of the molecule is C#CCN(CC)C(=O)Cn1cncn1. The Hall–Kier alpha value is -1.83. The second-order valence-corrected chi connectivity index (χ2v) is 2.71. The first-order valence-electron chi connectivity index (χ1n) is 4.31. The number of hydrogen-bond acceptors (Lipinski definition) is 3. The van der Waals surface area contributed by atoms with Crippen LogP contribution in [0.25, 0.3) is 0 Å². The third kappa shape index (κ3) is 2.59. The highest BCUT2D eigenvalue weighted by Crippen LogP contribution is 1.91. The fourth-order valence-electron chi connectivity index (χ4n) is 1.04. The molecule has 74 valence electrons. The highest BCUT2D eigenvalue weighted by Gasteiger charge is 2.10. The second-order valence-electron chi connectivity index (χ2n) is 2.71. The highest BCUT2D eigenvalue weighted by molar-refractivity contribution is 5.76. The van der Waals surface area contributed by atoms with Gasteiger partial charge in [-0.2, -0.15) is 5.10 Å². The number of hydrogen-bond donors (Lipinski definition) is 0. The molecule has 1 aromatic rings. The normalized spacial score (nSPS) is 9.43. The van der Waals surface area contributed by atoms with Gasteiger partial charge in [-0.25, -0.2) is 9.67 Å². The summed E-state index contributed by atoms with van der Waals surface area (Å²) in [5.41, 5.74) is 0. The van der Waals surface area contributed by atoms with E-state index in [4.69, 9.17) is 6.42 Å². The maximum atomic E-state index is 11.6. The summed E-state index contributed by atoms with van der Waals surface area (Å²) in [6.45, 7) is 3.02. The van der Waals surface area contributed by atoms with Gasteiger partial charge in [-0.3, -0.25) is 4.79 Å². The molecule has 1 heterocycles. The van der Waals surface area contributed by atoms with Crippen molar-refractivity contribution in [1.82, 2.24) is 19.7 Å². The minimum absolute atomic E-state index is 0.0454. The van der Waals surface area contributed by atoms with E-state index in [0.29, 0.717) is 13.1 Å². The first kappa shape index (κ1) is 10.3. The monoisotopic (exact) mass is 192 g/mol. The Morgan fingerprint density at radius 1 is 1.71 bits per heavy atom. The van der Waals surface area contributed by atoms with Crippen molar-refractivity contribution in [1.29, 1.82) is 0 Å². The van der Waals surface area contributed by atoms with Gasteiger partial charge < -0.3 is 4.90 Å². The van der Waals surface area contributed by atoms with Gasteiger partial charge in [-0.1, -0.05) is 5.92 Å². The Labute approximate surface area is 82.7 Å². The molecule has 0 spiro atoms. The molecular formula is C9H12N4O. The maximum Gasteiger partial charge on any atom is 0.245 e. The van der Waals surface area contributed by atoms with Crippen LogP contribution in [0, 0.1) is 12.3 Å². The van der Waals surface area contributed by atoms with Crippen molar-refractivity contribution in [2.45, 2.75) is 13.5 Å². The van der Waals surface area contributed by atoms with Crippen LogP contribution >= 0.6 is 0 Å². The lowest BCUT2D eigenvalue weighted by Crippen LogP contribution is -2.34. The van der Waals surface area contributed by atoms with Crippen molar-refractivity contribution in [3.05, 3.63) is 12.7 Å². The van der Waals surface area contributed by atoms with Crippen LogP contribution in [-0.2, 0) is 11.3 Å². The Balaban J connectivity index is 2.52. The smallest absolute Gasteiger partial charge is 0.245 e. The van der Waals surface area contributed by atoms with Gasteiger partial charge in [0.2, 0.25) is 5.91 Å². The summed E-state index contributed by atoms with van der Waals surface area (Å²) in [6.07, 6.45) is 8.03. The van der Waals surface area contributed by atoms with E-state index in [1.165, 1.54) is 17.3 Å². The van der Waals surface area contributed by atoms with E-state index in [-0.39, 0.29) is 12.5 Å². The zero-order chi connectivity index (χ0) is 10.4. The maximum absolute atomic E-state index is 11.6. The van der Waals surface area contributed by atoms with E-state index in [2.05, 4.69) is 16.0 Å². The van der Waals surface area contributed by atoms with Crippen molar-refractivity contribution in [3.63, 3.8) is 0 Å². The first-order chi connectivity index (χ1) is 6.77. The van der Waals surface area contributed by atoms with E-state index in [1.54, 1.807) is 4.90 Å². The van der Waals surface area contributed by atoms with E-state index in [1.807, 2.05) is 6.92 Å². The van der Waals surface area contributed by atoms with Crippen molar-refractivity contribution in [2.24, 2.45) is 0 Å². The molecule has 0 saturated carbocycles. The van der Waals surface area contributed by atoms with E-state index < -0.39 is 0 Å². The number of nitrogens with zero attached hydrogens (tertiary/aromatic N) is 4. The molecule has 1 amide bonds. The summed E-state index contributed by atoms with van der Waals surface area (Å²) in [6, 6.07) is 0. The molecular weight excluding hydrogens is 180 g/mol. The van der Waals surface area contributed by atoms with Crippen molar-refractivity contribution in [3.8, 4) is 12.3 Å². The van der Waals surface area contributed by atoms with Crippen molar-refractivity contribution < 1.29 is 4.79 Å². The molecule has 0 bridgehead atoms. The summed E-state index contributed by atoms with van der Waals surface area (Å²) in [7, 11) is 0. The Morgan fingerprint density at radius 2 is 2.50 bits per heavy atom. The van der Waals surface area contributed by atoms with Crippen LogP contribution in [0.1, 0.15) is 6.92 Å². The molecule has 0 saturated heterocycles. The number of carbonyl (C=O) groups excluding carboxylic acids is 1. The lowest BCUT2D eigenvalue weighted by molar-refractivity contribution is -0.131. The van der Waals surface area contributed by atoms with E-state index >= 15 is 0 Å². The van der Waals surface area contributed by atoms with Crippen LogP contribution in [0.5, 0.6) is 0 Å². The average Bonchev–Trinajstić information content (AvgIpc) is 2.66. The van der Waals surface area contributed by atoms with Gasteiger partial charge in [0.25, 0.3) is 0 Å². The highest BCUT2D eigenvalue weighted by atomic mass is 16.2. The Bertz CT molecular complexity index is 325. The van der Waals surface area contributed by atoms with E-state index in [0.717, 1.165) is 0 Å². The van der Waals surface area contributed by atoms with Crippen LogP contribution in [0.15, 0.2) is 12.7 Å². The summed E-state index contributed by atoms with van der Waals surface area (Å²) in [4.78, 5) is 16.9. The van der Waals surface area contributed by atoms with Gasteiger partial charge in [0.05, 0.1) is 6.54 Å². The fraction of sp³-hybridized carbons (Fsp3) is 0.444. The molecule has 0 radical (unpaired) electrons. The summed E-state index contributed by atoms with van der Waals surface area (Å²) >= 11 is 0. The number of terminal acetylenes is 1. The third-order valence-corrected chi connectivity index (χ3v) is 1.78. The molecule has 1 aromatic heterocycles. The van der Waals surface area contributed by atoms with Crippen LogP contribution in [0.3, 0.4) is 0 Å². The largest absolute Gasteiger partial charge is 0.330 e. The molecule has 0 aliphatic rings. The number of aromatic nitrogens is 3. The minimum Gasteiger partial charge on any atom is -0.330 e. The summed E-state index contributed by atoms with van der Waals surface area (Å²) < 4.78 is 1.47. The molecule has 0 atom stereocenters. The molecule has 1 rings (SSSR count). The predicted octanol–water partition coefficient (Wildman–Crippen LogP) is -0.240. The summed E-state index contributed by atoms with van der Waals surface area (Å²) in [5, 5.41) is 3.84. The van der Waals surface area contributed by atoms with Crippen LogP contribution in [0.4, 0.5) is 0 Å². The van der Waals surface area contributed by atoms with Crippen molar-refractivity contribution in [2.75, 3.05) is 13.1 Å². The lowest BCUT2D eigenvalue weighted by atomic mass is 10.4. The molecule has 0 aliphatic heterocycles. The summed E-state index contributed by atoms with van der Waals surface area (Å²) in [5.74, 6) is 2.39. The Morgan fingerprint density at radius 3 is 3.00 bits per heavy atom. The average molecular weight is 192 g/mol. The molecule has 0 N–H and O–H groups in total. The topological polar surface area (TPSA) is 51.0 Å². The predicted molar refractivity (Wildman–Crippen MR) is 51.1 cm³/mol. The number of carbonyl (C=O) groups is 1. The van der Waals surface area contributed by atoms with Gasteiger partial charge in [-0.05, 0) is 6.92 Å². The number of rotatable bonds is 4. The zero-order valence-corrected chi connectivity index (χ0v) is 8.05. The molecule has 14 heavy (non-hydrogen) atoms. The molecule has 5 nitrogen and oxygen atoms in total. The number of likely N-dealkylation sites (N-methyl/N-ethyl adjacent to an activating group) is 1. The van der Waals surface area contributed by atoms with Crippen LogP contribution < -0.4 is 0 Å². The lowest BCUT2D eigenvalue weighted by Gasteiger charge is -2.17. The molecule has 0 unspecified atom stereocenters. The van der Waals surface area contributed by atoms with Gasteiger partial charge in [0.15, 0.2) is 0 Å². The number of amides is 1. The minimum atomic E-state index is -0.0454. The van der Waals surface area contributed by atoms with E-state index in [9.17, 15) is 4.79 Å². The van der Waals surface area contributed by atoms with Crippen LogP contribution in [0.2, 0.25) is 0 Å². The third-order valence-electron chi connectivity index (χ3n) is 1.78. The molecule has 5 heteroatoms. The second kappa shape index (κ2) is 5.02. The van der Waals surface area contributed by atoms with Gasteiger partial charge in [0.1, 0.15) is 19.2 Å². The molecule has 0 aromatic carbocycles. The standard InChI is InChI=1S/C9H12N4O/c1-3-5-12(4-2)9(14)6-13-8-10-7-11-13/h1,7-8H,4-6H2,2H3. The first-order valence-corrected chi connectivity index (χ1v) is 4.31. The van der Waals surface area contributed by atoms with Crippen molar-refractivity contribution >= 4 is 5.91 Å². The van der Waals surface area contributed by atoms with Gasteiger partial charge in [0, 0.05) is 6.54 Å². The van der Waals surface area contributed by atoms with Gasteiger partial charge >= 0.3 is 0 Å².